The molecule has 0 saturated heterocycles. The fourth-order valence-electron chi connectivity index (χ4n) is 12.6. The van der Waals surface area contributed by atoms with E-state index in [1.165, 1.54) is 379 Å². The highest BCUT2D eigenvalue weighted by molar-refractivity contribution is 5.76. The van der Waals surface area contributed by atoms with Crippen molar-refractivity contribution in [3.05, 3.63) is 12.2 Å². The second-order valence-corrected chi connectivity index (χ2v) is 27.0. The molecule has 84 heavy (non-hydrogen) atoms. The van der Waals surface area contributed by atoms with E-state index in [0.717, 1.165) is 38.5 Å². The van der Waals surface area contributed by atoms with E-state index in [4.69, 9.17) is 4.74 Å². The number of aliphatic hydroxyl groups excluding tert-OH is 2. The number of hydrogen-bond donors (Lipinski definition) is 3. The molecule has 0 saturated carbocycles. The van der Waals surface area contributed by atoms with Gasteiger partial charge in [-0.1, -0.05) is 398 Å². The van der Waals surface area contributed by atoms with E-state index in [1.54, 1.807) is 0 Å². The lowest BCUT2D eigenvalue weighted by Crippen LogP contribution is -2.45. The van der Waals surface area contributed by atoms with Crippen LogP contribution in [0.4, 0.5) is 0 Å². The molecule has 3 N–H and O–H groups in total. The first-order valence-corrected chi connectivity index (χ1v) is 38.9. The van der Waals surface area contributed by atoms with Crippen LogP contribution in [0.1, 0.15) is 450 Å². The summed E-state index contributed by atoms with van der Waals surface area (Å²) >= 11 is 0. The lowest BCUT2D eigenvalue weighted by atomic mass is 10.0. The molecule has 1 amide bonds. The number of carbonyl (C=O) groups excluding carboxylic acids is 2. The van der Waals surface area contributed by atoms with Gasteiger partial charge in [0.2, 0.25) is 5.91 Å². The largest absolute Gasteiger partial charge is 0.466 e. The molecule has 0 rings (SSSR count). The molecule has 0 aromatic rings. The highest BCUT2D eigenvalue weighted by Crippen LogP contribution is 2.20. The summed E-state index contributed by atoms with van der Waals surface area (Å²) in [6, 6.07) is -0.541. The fraction of sp³-hybridized carbons (Fsp3) is 0.949. The first-order valence-electron chi connectivity index (χ1n) is 38.9. The van der Waals surface area contributed by atoms with Crippen LogP contribution in [0.5, 0.6) is 0 Å². The Bertz CT molecular complexity index is 1270. The zero-order valence-electron chi connectivity index (χ0n) is 57.4. The van der Waals surface area contributed by atoms with E-state index in [-0.39, 0.29) is 18.5 Å². The number of aliphatic hydroxyl groups is 2. The van der Waals surface area contributed by atoms with Crippen molar-refractivity contribution in [1.29, 1.82) is 0 Å². The van der Waals surface area contributed by atoms with E-state index in [1.807, 2.05) is 0 Å². The number of amides is 1. The monoisotopic (exact) mass is 1180 g/mol. The molecule has 0 aliphatic heterocycles. The third-order valence-corrected chi connectivity index (χ3v) is 18.6. The average Bonchev–Trinajstić information content (AvgIpc) is 3.50. The van der Waals surface area contributed by atoms with Crippen LogP contribution >= 0.6 is 0 Å². The van der Waals surface area contributed by atoms with Gasteiger partial charge in [-0.25, -0.2) is 0 Å². The summed E-state index contributed by atoms with van der Waals surface area (Å²) < 4.78 is 5.49. The van der Waals surface area contributed by atoms with Crippen LogP contribution in [-0.4, -0.2) is 47.4 Å². The molecule has 0 aliphatic carbocycles. The van der Waals surface area contributed by atoms with Gasteiger partial charge in [0.05, 0.1) is 25.4 Å². The summed E-state index contributed by atoms with van der Waals surface area (Å²) in [7, 11) is 0. The smallest absolute Gasteiger partial charge is 0.305 e. The molecule has 0 bridgehead atoms. The van der Waals surface area contributed by atoms with Gasteiger partial charge in [0.1, 0.15) is 0 Å². The molecule has 0 heterocycles. The molecule has 500 valence electrons. The predicted molar refractivity (Wildman–Crippen MR) is 370 cm³/mol. The average molecular weight is 1190 g/mol. The molecule has 2 unspecified atom stereocenters. The molecule has 0 spiro atoms. The Hall–Kier alpha value is -1.40. The van der Waals surface area contributed by atoms with E-state index in [0.29, 0.717) is 25.9 Å². The van der Waals surface area contributed by atoms with Crippen LogP contribution in [0.3, 0.4) is 0 Å². The maximum atomic E-state index is 12.6. The molecule has 0 aromatic carbocycles. The summed E-state index contributed by atoms with van der Waals surface area (Å²) in [5, 5.41) is 23.5. The van der Waals surface area contributed by atoms with Crippen molar-refractivity contribution in [2.45, 2.75) is 463 Å². The summed E-state index contributed by atoms with van der Waals surface area (Å²) in [5.74, 6) is -0.00725. The van der Waals surface area contributed by atoms with Gasteiger partial charge >= 0.3 is 5.97 Å². The van der Waals surface area contributed by atoms with Gasteiger partial charge in [0, 0.05) is 12.8 Å². The van der Waals surface area contributed by atoms with Crippen molar-refractivity contribution < 1.29 is 24.5 Å². The van der Waals surface area contributed by atoms with Crippen molar-refractivity contribution in [2.24, 2.45) is 0 Å². The van der Waals surface area contributed by atoms with Crippen LogP contribution in [0.15, 0.2) is 12.2 Å². The predicted octanol–water partition coefficient (Wildman–Crippen LogP) is 25.5. The molecule has 0 aromatic heterocycles. The fourth-order valence-corrected chi connectivity index (χ4v) is 12.6. The first kappa shape index (κ1) is 82.6. The third kappa shape index (κ3) is 69.7. The van der Waals surface area contributed by atoms with Gasteiger partial charge in [-0.15, -0.1) is 0 Å². The van der Waals surface area contributed by atoms with Crippen LogP contribution in [-0.2, 0) is 14.3 Å². The number of nitrogens with one attached hydrogen (secondary N) is 1. The number of allylic oxidation sites excluding steroid dienone is 2. The van der Waals surface area contributed by atoms with Crippen LogP contribution in [0.25, 0.3) is 0 Å². The van der Waals surface area contributed by atoms with E-state index >= 15 is 0 Å². The van der Waals surface area contributed by atoms with Gasteiger partial charge in [0.15, 0.2) is 0 Å². The lowest BCUT2D eigenvalue weighted by molar-refractivity contribution is -0.143. The summed E-state index contributed by atoms with van der Waals surface area (Å²) in [6.45, 7) is 5.01. The van der Waals surface area contributed by atoms with Crippen LogP contribution in [0, 0.1) is 0 Å². The van der Waals surface area contributed by atoms with E-state index in [2.05, 4.69) is 31.3 Å². The minimum atomic E-state index is -0.664. The molecule has 6 heteroatoms. The van der Waals surface area contributed by atoms with Crippen molar-refractivity contribution in [3.63, 3.8) is 0 Å². The molecule has 0 fully saturated rings. The van der Waals surface area contributed by atoms with Gasteiger partial charge in [0.25, 0.3) is 0 Å². The van der Waals surface area contributed by atoms with Gasteiger partial charge in [-0.05, 0) is 51.4 Å². The summed E-state index contributed by atoms with van der Waals surface area (Å²) in [4.78, 5) is 24.6. The number of rotatable bonds is 74. The maximum Gasteiger partial charge on any atom is 0.305 e. The first-order chi connectivity index (χ1) is 41.5. The Kier molecular flexibility index (Phi) is 72.8. The number of esters is 1. The van der Waals surface area contributed by atoms with Crippen molar-refractivity contribution >= 4 is 11.9 Å². The molecular formula is C78H153NO5. The third-order valence-electron chi connectivity index (χ3n) is 18.6. The number of ether oxygens (including phenoxy) is 1. The Morgan fingerprint density at radius 1 is 0.321 bits per heavy atom. The van der Waals surface area contributed by atoms with Crippen molar-refractivity contribution in [2.75, 3.05) is 13.2 Å². The minimum absolute atomic E-state index is 0.0196. The zero-order chi connectivity index (χ0) is 60.6. The SMILES string of the molecule is CCCCCCCCCCCCCCCCCCCCCCCCCCC(O)C(CO)NC(=O)CCCCCCCCCCCCCCCCC/C=C\CCCCCCCCCCCCCCOC(=O)CCCCCCCCCCCCCC. The van der Waals surface area contributed by atoms with Gasteiger partial charge in [-0.3, -0.25) is 9.59 Å². The van der Waals surface area contributed by atoms with Crippen molar-refractivity contribution in [1.82, 2.24) is 5.32 Å². The summed E-state index contributed by atoms with van der Waals surface area (Å²) in [5.41, 5.74) is 0. The molecule has 6 nitrogen and oxygen atoms in total. The second-order valence-electron chi connectivity index (χ2n) is 27.0. The highest BCUT2D eigenvalue weighted by Gasteiger charge is 2.20. The van der Waals surface area contributed by atoms with Crippen LogP contribution in [0.2, 0.25) is 0 Å². The Labute approximate surface area is 527 Å². The minimum Gasteiger partial charge on any atom is -0.466 e. The Morgan fingerprint density at radius 3 is 0.845 bits per heavy atom. The second kappa shape index (κ2) is 74.1. The normalized spacial score (nSPS) is 12.5. The standard InChI is InChI=1S/C78H153NO5/c1-3-5-7-9-11-13-15-17-18-19-20-21-22-32-35-38-41-44-47-50-54-58-62-66-70-76(81)75(74-80)79-77(82)71-67-63-59-55-51-48-45-42-39-36-33-30-28-26-24-23-25-27-29-31-34-37-40-43-46-49-53-57-61-65-69-73-84-78(83)72-68-64-60-56-52-16-14-12-10-8-6-4-2/h25,27,75-76,80-81H,3-24,26,28-74H2,1-2H3,(H,79,82)/b27-25-. The van der Waals surface area contributed by atoms with E-state index in [9.17, 15) is 19.8 Å². The van der Waals surface area contributed by atoms with Crippen molar-refractivity contribution in [3.8, 4) is 0 Å². The lowest BCUT2D eigenvalue weighted by Gasteiger charge is -2.22. The molecule has 0 aliphatic rings. The van der Waals surface area contributed by atoms with E-state index < -0.39 is 12.1 Å². The topological polar surface area (TPSA) is 95.9 Å². The Balaban J connectivity index is 3.36. The molecule has 0 radical (unpaired) electrons. The summed E-state index contributed by atoms with van der Waals surface area (Å²) in [6.07, 6.45) is 93.0. The van der Waals surface area contributed by atoms with Gasteiger partial charge in [-0.2, -0.15) is 0 Å². The number of unbranched alkanes of at least 4 members (excludes halogenated alkanes) is 61. The highest BCUT2D eigenvalue weighted by atomic mass is 16.5. The number of carbonyl (C=O) groups is 2. The Morgan fingerprint density at radius 2 is 0.560 bits per heavy atom. The number of hydrogen-bond acceptors (Lipinski definition) is 5. The zero-order valence-corrected chi connectivity index (χ0v) is 57.4. The maximum absolute atomic E-state index is 12.6. The van der Waals surface area contributed by atoms with Crippen LogP contribution < -0.4 is 5.32 Å². The van der Waals surface area contributed by atoms with Gasteiger partial charge < -0.3 is 20.3 Å². The molecule has 2 atom stereocenters. The quantitative estimate of drug-likeness (QED) is 0.0320. The molecular weight excluding hydrogens is 1030 g/mol.